The largest absolute Gasteiger partial charge is 0.337 e. The Kier molecular flexibility index (Phi) is 2.76. The second kappa shape index (κ2) is 4.21. The van der Waals surface area contributed by atoms with Crippen molar-refractivity contribution in [3.63, 3.8) is 0 Å². The number of ketones is 1. The summed E-state index contributed by atoms with van der Waals surface area (Å²) in [6.45, 7) is 1.09. The minimum atomic E-state index is -0.0740. The summed E-state index contributed by atoms with van der Waals surface area (Å²) in [5.74, 6) is -0.0301. The summed E-state index contributed by atoms with van der Waals surface area (Å²) >= 11 is 0. The van der Waals surface area contributed by atoms with Crippen molar-refractivity contribution >= 4 is 11.7 Å². The molecule has 2 heterocycles. The number of nitrogens with zero attached hydrogens (tertiary/aromatic N) is 2. The highest BCUT2D eigenvalue weighted by molar-refractivity contribution is 6.00. The van der Waals surface area contributed by atoms with Gasteiger partial charge < -0.3 is 4.90 Å². The maximum Gasteiger partial charge on any atom is 0.230 e. The van der Waals surface area contributed by atoms with Crippen LogP contribution in [0.3, 0.4) is 0 Å². The third-order valence-corrected chi connectivity index (χ3v) is 2.46. The van der Waals surface area contributed by atoms with E-state index in [0.29, 0.717) is 19.5 Å². The van der Waals surface area contributed by atoms with Crippen LogP contribution in [0.25, 0.3) is 0 Å². The minimum Gasteiger partial charge on any atom is -0.337 e. The Morgan fingerprint density at radius 2 is 2.27 bits per heavy atom. The molecule has 15 heavy (non-hydrogen) atoms. The van der Waals surface area contributed by atoms with E-state index in [4.69, 9.17) is 0 Å². The predicted molar refractivity (Wildman–Crippen MR) is 53.9 cm³/mol. The number of carbonyl (C=O) groups is 2. The van der Waals surface area contributed by atoms with Crippen molar-refractivity contribution in [2.75, 3.05) is 6.54 Å². The summed E-state index contributed by atoms with van der Waals surface area (Å²) < 4.78 is 0. The zero-order chi connectivity index (χ0) is 10.7. The first-order valence-electron chi connectivity index (χ1n) is 4.94. The monoisotopic (exact) mass is 204 g/mol. The lowest BCUT2D eigenvalue weighted by Crippen LogP contribution is -2.38. The molecule has 0 radical (unpaired) electrons. The van der Waals surface area contributed by atoms with Crippen LogP contribution in [0, 0.1) is 0 Å². The molecule has 0 spiro atoms. The lowest BCUT2D eigenvalue weighted by molar-refractivity contribution is -0.139. The van der Waals surface area contributed by atoms with Gasteiger partial charge in [-0.2, -0.15) is 0 Å². The summed E-state index contributed by atoms with van der Waals surface area (Å²) in [6.07, 6.45) is 3.97. The highest BCUT2D eigenvalue weighted by Crippen LogP contribution is 2.11. The second-order valence-electron chi connectivity index (χ2n) is 3.64. The molecular weight excluding hydrogens is 192 g/mol. The summed E-state index contributed by atoms with van der Waals surface area (Å²) in [5.41, 5.74) is 1.00. The number of piperidine rings is 1. The fourth-order valence-corrected chi connectivity index (χ4v) is 1.63. The molecule has 78 valence electrons. The van der Waals surface area contributed by atoms with Crippen LogP contribution in [0.2, 0.25) is 0 Å². The summed E-state index contributed by atoms with van der Waals surface area (Å²) in [7, 11) is 0. The molecule has 2 rings (SSSR count). The van der Waals surface area contributed by atoms with Gasteiger partial charge in [-0.3, -0.25) is 14.6 Å². The Balaban J connectivity index is 2.01. The van der Waals surface area contributed by atoms with Gasteiger partial charge in [0.25, 0.3) is 0 Å². The average Bonchev–Trinajstić information content (AvgIpc) is 2.24. The summed E-state index contributed by atoms with van der Waals surface area (Å²) in [5, 5.41) is 0. The highest BCUT2D eigenvalue weighted by Gasteiger charge is 2.23. The molecule has 1 saturated heterocycles. The van der Waals surface area contributed by atoms with Gasteiger partial charge >= 0.3 is 0 Å². The molecule has 0 N–H and O–H groups in total. The molecule has 4 heteroatoms. The maximum absolute atomic E-state index is 11.5. The molecule has 0 saturated carbocycles. The molecule has 1 aromatic heterocycles. The van der Waals surface area contributed by atoms with Gasteiger partial charge in [-0.25, -0.2) is 0 Å². The van der Waals surface area contributed by atoms with E-state index in [1.54, 1.807) is 17.3 Å². The molecule has 0 unspecified atom stereocenters. The molecule has 1 aliphatic rings. The topological polar surface area (TPSA) is 50.3 Å². The minimum absolute atomic E-state index is 0.0439. The van der Waals surface area contributed by atoms with E-state index in [9.17, 15) is 9.59 Å². The van der Waals surface area contributed by atoms with Crippen molar-refractivity contribution < 1.29 is 9.59 Å². The molecule has 0 atom stereocenters. The number of aromatic nitrogens is 1. The van der Waals surface area contributed by atoms with Gasteiger partial charge in [-0.05, 0) is 11.6 Å². The molecular formula is C11H12N2O2. The van der Waals surface area contributed by atoms with E-state index in [1.165, 1.54) is 0 Å². The van der Waals surface area contributed by atoms with Crippen molar-refractivity contribution in [2.45, 2.75) is 19.4 Å². The summed E-state index contributed by atoms with van der Waals surface area (Å²) in [4.78, 5) is 28.2. The Morgan fingerprint density at radius 3 is 2.93 bits per heavy atom. The van der Waals surface area contributed by atoms with E-state index in [0.717, 1.165) is 5.56 Å². The van der Waals surface area contributed by atoms with Gasteiger partial charge in [-0.1, -0.05) is 6.07 Å². The smallest absolute Gasteiger partial charge is 0.230 e. The number of amides is 1. The van der Waals surface area contributed by atoms with Gasteiger partial charge in [-0.15, -0.1) is 0 Å². The van der Waals surface area contributed by atoms with Crippen molar-refractivity contribution in [3.8, 4) is 0 Å². The van der Waals surface area contributed by atoms with Crippen LogP contribution >= 0.6 is 0 Å². The Morgan fingerprint density at radius 1 is 1.40 bits per heavy atom. The highest BCUT2D eigenvalue weighted by atomic mass is 16.2. The van der Waals surface area contributed by atoms with E-state index in [1.807, 2.05) is 12.1 Å². The number of hydrogen-bond acceptors (Lipinski definition) is 3. The number of likely N-dealkylation sites (tertiary alicyclic amines) is 1. The molecule has 1 amide bonds. The number of Topliss-reactive ketones (excluding diaryl/α,β-unsaturated/α-hetero) is 1. The van der Waals surface area contributed by atoms with Crippen LogP contribution in [-0.2, 0) is 16.1 Å². The van der Waals surface area contributed by atoms with E-state index in [2.05, 4.69) is 4.98 Å². The first-order chi connectivity index (χ1) is 7.25. The fourth-order valence-electron chi connectivity index (χ4n) is 1.63. The quantitative estimate of drug-likeness (QED) is 0.669. The average molecular weight is 204 g/mol. The summed E-state index contributed by atoms with van der Waals surface area (Å²) in [6, 6.07) is 3.77. The SMILES string of the molecule is O=C1CCN(Cc2cccnc2)C(=O)C1. The molecule has 1 aliphatic heterocycles. The molecule has 0 aliphatic carbocycles. The lowest BCUT2D eigenvalue weighted by Gasteiger charge is -2.25. The normalized spacial score (nSPS) is 16.9. The Labute approximate surface area is 87.9 Å². The van der Waals surface area contributed by atoms with Crippen LogP contribution < -0.4 is 0 Å². The van der Waals surface area contributed by atoms with E-state index in [-0.39, 0.29) is 18.1 Å². The maximum atomic E-state index is 11.5. The Bertz CT molecular complexity index is 375. The van der Waals surface area contributed by atoms with Crippen molar-refractivity contribution in [3.05, 3.63) is 30.1 Å². The van der Waals surface area contributed by atoms with E-state index >= 15 is 0 Å². The van der Waals surface area contributed by atoms with Crippen LogP contribution in [0.15, 0.2) is 24.5 Å². The fraction of sp³-hybridized carbons (Fsp3) is 0.364. The number of hydrogen-bond donors (Lipinski definition) is 0. The van der Waals surface area contributed by atoms with Crippen molar-refractivity contribution in [1.29, 1.82) is 0 Å². The van der Waals surface area contributed by atoms with Crippen LogP contribution in [0.1, 0.15) is 18.4 Å². The third-order valence-electron chi connectivity index (χ3n) is 2.46. The zero-order valence-electron chi connectivity index (χ0n) is 8.35. The third kappa shape index (κ3) is 2.40. The van der Waals surface area contributed by atoms with Crippen LogP contribution in [0.4, 0.5) is 0 Å². The molecule has 4 nitrogen and oxygen atoms in total. The zero-order valence-corrected chi connectivity index (χ0v) is 8.35. The number of pyridine rings is 1. The standard InChI is InChI=1S/C11H12N2O2/c14-10-3-5-13(11(15)6-10)8-9-2-1-4-12-7-9/h1-2,4,7H,3,5-6,8H2. The first-order valence-corrected chi connectivity index (χ1v) is 4.94. The van der Waals surface area contributed by atoms with Gasteiger partial charge in [0.1, 0.15) is 5.78 Å². The number of rotatable bonds is 2. The van der Waals surface area contributed by atoms with Gasteiger partial charge in [0.15, 0.2) is 0 Å². The van der Waals surface area contributed by atoms with Gasteiger partial charge in [0, 0.05) is 31.9 Å². The lowest BCUT2D eigenvalue weighted by atomic mass is 10.1. The first kappa shape index (κ1) is 9.83. The van der Waals surface area contributed by atoms with Gasteiger partial charge in [0.2, 0.25) is 5.91 Å². The van der Waals surface area contributed by atoms with Crippen LogP contribution in [0.5, 0.6) is 0 Å². The van der Waals surface area contributed by atoms with E-state index < -0.39 is 0 Å². The van der Waals surface area contributed by atoms with Crippen molar-refractivity contribution in [2.24, 2.45) is 0 Å². The molecule has 1 fully saturated rings. The number of carbonyl (C=O) groups excluding carboxylic acids is 2. The van der Waals surface area contributed by atoms with Crippen LogP contribution in [-0.4, -0.2) is 28.1 Å². The molecule has 1 aromatic rings. The second-order valence-corrected chi connectivity index (χ2v) is 3.64. The molecule has 0 bridgehead atoms. The van der Waals surface area contributed by atoms with Crippen molar-refractivity contribution in [1.82, 2.24) is 9.88 Å². The van der Waals surface area contributed by atoms with Gasteiger partial charge in [0.05, 0.1) is 6.42 Å². The Hall–Kier alpha value is -1.71. The molecule has 0 aromatic carbocycles. The predicted octanol–water partition coefficient (Wildman–Crippen LogP) is 0.773.